The fraction of sp³-hybridized carbons (Fsp3) is 0.118. The van der Waals surface area contributed by atoms with Crippen molar-refractivity contribution in [1.82, 2.24) is 15.5 Å². The minimum Gasteiger partial charge on any atom is -0.344 e. The van der Waals surface area contributed by atoms with Crippen molar-refractivity contribution in [3.05, 3.63) is 76.9 Å². The van der Waals surface area contributed by atoms with E-state index in [0.29, 0.717) is 5.02 Å². The highest BCUT2D eigenvalue weighted by Gasteiger charge is 2.21. The molecule has 0 unspecified atom stereocenters. The van der Waals surface area contributed by atoms with Crippen molar-refractivity contribution >= 4 is 27.3 Å². The second-order valence-electron chi connectivity index (χ2n) is 5.40. The number of nitrogens with zero attached hydrogens (tertiary/aromatic N) is 2. The first-order valence-corrected chi connectivity index (χ1v) is 9.60. The Hall–Kier alpha value is -2.71. The summed E-state index contributed by atoms with van der Waals surface area (Å²) in [5.41, 5.74) is 0.842. The molecule has 1 N–H and O–H groups in total. The van der Waals surface area contributed by atoms with Crippen molar-refractivity contribution in [3.63, 3.8) is 0 Å². The number of carbonyl (C=O) groups is 1. The maximum Gasteiger partial charge on any atom is 0.315 e. The number of amides is 1. The minimum atomic E-state index is -3.61. The monoisotopic (exact) mass is 391 g/mol. The molecule has 0 aliphatic carbocycles. The lowest BCUT2D eigenvalue weighted by atomic mass is 10.2. The molecule has 1 aromatic heterocycles. The molecular weight excluding hydrogens is 378 g/mol. The number of benzene rings is 2. The molecule has 0 spiro atoms. The van der Waals surface area contributed by atoms with E-state index in [9.17, 15) is 13.2 Å². The van der Waals surface area contributed by atoms with Gasteiger partial charge >= 0.3 is 11.8 Å². The molecule has 0 radical (unpaired) electrons. The number of rotatable bonds is 6. The zero-order valence-corrected chi connectivity index (χ0v) is 15.0. The van der Waals surface area contributed by atoms with E-state index < -0.39 is 21.5 Å². The summed E-state index contributed by atoms with van der Waals surface area (Å²) in [5, 5.41) is 6.78. The lowest BCUT2D eigenvalue weighted by Crippen LogP contribution is -2.23. The van der Waals surface area contributed by atoms with Crippen molar-refractivity contribution in [2.24, 2.45) is 0 Å². The SMILES string of the molecule is O=C(NCc1ccc(Cl)cc1)c1nc(CS(=O)(=O)c2ccccc2)no1. The Kier molecular flexibility index (Phi) is 5.34. The summed E-state index contributed by atoms with van der Waals surface area (Å²) in [7, 11) is -3.61. The summed E-state index contributed by atoms with van der Waals surface area (Å²) in [6, 6.07) is 14.9. The van der Waals surface area contributed by atoms with Crippen LogP contribution in [0.3, 0.4) is 0 Å². The first-order chi connectivity index (χ1) is 12.4. The predicted octanol–water partition coefficient (Wildman–Crippen LogP) is 2.63. The first kappa shape index (κ1) is 18.1. The highest BCUT2D eigenvalue weighted by atomic mass is 35.5. The number of carbonyl (C=O) groups excluding carboxylic acids is 1. The molecule has 9 heteroatoms. The van der Waals surface area contributed by atoms with Crippen LogP contribution < -0.4 is 5.32 Å². The molecule has 7 nitrogen and oxygen atoms in total. The molecule has 0 fully saturated rings. The summed E-state index contributed by atoms with van der Waals surface area (Å²) in [5.74, 6) is -1.41. The van der Waals surface area contributed by atoms with E-state index in [-0.39, 0.29) is 23.2 Å². The van der Waals surface area contributed by atoms with E-state index in [4.69, 9.17) is 16.1 Å². The average molecular weight is 392 g/mol. The number of aromatic nitrogens is 2. The fourth-order valence-electron chi connectivity index (χ4n) is 2.15. The molecule has 26 heavy (non-hydrogen) atoms. The lowest BCUT2D eigenvalue weighted by molar-refractivity contribution is 0.0907. The van der Waals surface area contributed by atoms with Crippen molar-refractivity contribution in [2.75, 3.05) is 0 Å². The van der Waals surface area contributed by atoms with E-state index in [1.807, 2.05) is 0 Å². The maximum atomic E-state index is 12.3. The lowest BCUT2D eigenvalue weighted by Gasteiger charge is -2.02. The van der Waals surface area contributed by atoms with Crippen LogP contribution in [0.5, 0.6) is 0 Å². The van der Waals surface area contributed by atoms with Gasteiger partial charge in [0.1, 0.15) is 5.75 Å². The molecule has 1 amide bonds. The Morgan fingerprint density at radius 2 is 1.77 bits per heavy atom. The Morgan fingerprint density at radius 1 is 1.08 bits per heavy atom. The molecule has 0 saturated heterocycles. The van der Waals surface area contributed by atoms with Gasteiger partial charge in [0.2, 0.25) is 0 Å². The van der Waals surface area contributed by atoms with Crippen molar-refractivity contribution in [2.45, 2.75) is 17.2 Å². The van der Waals surface area contributed by atoms with Crippen LogP contribution in [0.1, 0.15) is 22.1 Å². The van der Waals surface area contributed by atoms with E-state index in [0.717, 1.165) is 5.56 Å². The summed E-state index contributed by atoms with van der Waals surface area (Å²) in [4.78, 5) is 16.1. The smallest absolute Gasteiger partial charge is 0.315 e. The molecular formula is C17H14ClN3O4S. The van der Waals surface area contributed by atoms with Crippen molar-refractivity contribution < 1.29 is 17.7 Å². The molecule has 0 aliphatic rings. The van der Waals surface area contributed by atoms with E-state index in [1.54, 1.807) is 42.5 Å². The number of sulfone groups is 1. The van der Waals surface area contributed by atoms with E-state index >= 15 is 0 Å². The predicted molar refractivity (Wildman–Crippen MR) is 94.3 cm³/mol. The largest absolute Gasteiger partial charge is 0.344 e. The molecule has 3 aromatic rings. The Bertz CT molecular complexity index is 1000. The number of hydrogen-bond donors (Lipinski definition) is 1. The van der Waals surface area contributed by atoms with Gasteiger partial charge in [-0.25, -0.2) is 8.42 Å². The Morgan fingerprint density at radius 3 is 2.46 bits per heavy atom. The van der Waals surface area contributed by atoms with Gasteiger partial charge in [0.25, 0.3) is 0 Å². The van der Waals surface area contributed by atoms with Crippen LogP contribution in [0.25, 0.3) is 0 Å². The van der Waals surface area contributed by atoms with Crippen LogP contribution in [0.2, 0.25) is 5.02 Å². The topological polar surface area (TPSA) is 102 Å². The third kappa shape index (κ3) is 4.47. The van der Waals surface area contributed by atoms with Crippen LogP contribution >= 0.6 is 11.6 Å². The Balaban J connectivity index is 1.64. The van der Waals surface area contributed by atoms with Crippen molar-refractivity contribution in [1.29, 1.82) is 0 Å². The highest BCUT2D eigenvalue weighted by Crippen LogP contribution is 2.14. The zero-order chi connectivity index (χ0) is 18.6. The number of nitrogens with one attached hydrogen (secondary N) is 1. The molecule has 134 valence electrons. The molecule has 1 heterocycles. The fourth-order valence-corrected chi connectivity index (χ4v) is 3.47. The quantitative estimate of drug-likeness (QED) is 0.693. The second-order valence-corrected chi connectivity index (χ2v) is 7.82. The molecule has 3 rings (SSSR count). The van der Waals surface area contributed by atoms with Gasteiger partial charge in [-0.05, 0) is 29.8 Å². The first-order valence-electron chi connectivity index (χ1n) is 7.57. The standard InChI is InChI=1S/C17H14ClN3O4S/c18-13-8-6-12(7-9-13)10-19-16(22)17-20-15(21-25-17)11-26(23,24)14-4-2-1-3-5-14/h1-9H,10-11H2,(H,19,22). The molecule has 0 aliphatic heterocycles. The summed E-state index contributed by atoms with van der Waals surface area (Å²) in [6.45, 7) is 0.246. The van der Waals surface area contributed by atoms with E-state index in [2.05, 4.69) is 15.5 Å². The molecule has 0 saturated carbocycles. The normalized spacial score (nSPS) is 11.3. The highest BCUT2D eigenvalue weighted by molar-refractivity contribution is 7.90. The molecule has 2 aromatic carbocycles. The third-order valence-electron chi connectivity index (χ3n) is 3.45. The molecule has 0 bridgehead atoms. The zero-order valence-electron chi connectivity index (χ0n) is 13.4. The van der Waals surface area contributed by atoms with Gasteiger partial charge in [-0.3, -0.25) is 4.79 Å². The van der Waals surface area contributed by atoms with Gasteiger partial charge in [-0.2, -0.15) is 4.98 Å². The van der Waals surface area contributed by atoms with Crippen LogP contribution in [0.4, 0.5) is 0 Å². The summed E-state index contributed by atoms with van der Waals surface area (Å²) in [6.07, 6.45) is 0. The van der Waals surface area contributed by atoms with Crippen LogP contribution in [-0.4, -0.2) is 24.5 Å². The van der Waals surface area contributed by atoms with Crippen LogP contribution in [0, 0.1) is 0 Å². The Labute approximate surface area is 154 Å². The number of halogens is 1. The second kappa shape index (κ2) is 7.67. The maximum absolute atomic E-state index is 12.3. The van der Waals surface area contributed by atoms with Gasteiger partial charge in [0.05, 0.1) is 4.90 Å². The van der Waals surface area contributed by atoms with Crippen LogP contribution in [-0.2, 0) is 22.1 Å². The van der Waals surface area contributed by atoms with Crippen LogP contribution in [0.15, 0.2) is 64.0 Å². The van der Waals surface area contributed by atoms with Gasteiger partial charge in [-0.1, -0.05) is 47.1 Å². The van der Waals surface area contributed by atoms with E-state index in [1.165, 1.54) is 12.1 Å². The number of hydrogen-bond acceptors (Lipinski definition) is 6. The van der Waals surface area contributed by atoms with Gasteiger partial charge in [0, 0.05) is 11.6 Å². The average Bonchev–Trinajstić information content (AvgIpc) is 3.09. The van der Waals surface area contributed by atoms with Crippen molar-refractivity contribution in [3.8, 4) is 0 Å². The summed E-state index contributed by atoms with van der Waals surface area (Å²) >= 11 is 5.80. The van der Waals surface area contributed by atoms with Gasteiger partial charge in [0.15, 0.2) is 15.7 Å². The summed E-state index contributed by atoms with van der Waals surface area (Å²) < 4.78 is 29.4. The van der Waals surface area contributed by atoms with Gasteiger partial charge < -0.3 is 9.84 Å². The van der Waals surface area contributed by atoms with Gasteiger partial charge in [-0.15, -0.1) is 0 Å². The third-order valence-corrected chi connectivity index (χ3v) is 5.33. The molecule has 0 atom stereocenters. The minimum absolute atomic E-state index is 0.0782.